The second kappa shape index (κ2) is 5.11. The zero-order valence-electron chi connectivity index (χ0n) is 9.29. The number of hydrogen-bond acceptors (Lipinski definition) is 4. The summed E-state index contributed by atoms with van der Waals surface area (Å²) in [5.74, 6) is -4.66. The van der Waals surface area contributed by atoms with Crippen molar-refractivity contribution in [2.45, 2.75) is 32.1 Å². The minimum Gasteiger partial charge on any atom is -0.481 e. The molecule has 0 aromatic rings. The minimum absolute atomic E-state index is 0.289. The lowest BCUT2D eigenvalue weighted by molar-refractivity contribution is -0.500. The van der Waals surface area contributed by atoms with Crippen LogP contribution >= 0.6 is 0 Å². The Labute approximate surface area is 97.6 Å². The van der Waals surface area contributed by atoms with Crippen molar-refractivity contribution in [1.82, 2.24) is 0 Å². The van der Waals surface area contributed by atoms with E-state index in [2.05, 4.69) is 0 Å². The molecule has 0 amide bonds. The highest BCUT2D eigenvalue weighted by molar-refractivity contribution is 5.94. The van der Waals surface area contributed by atoms with Crippen molar-refractivity contribution in [1.29, 1.82) is 0 Å². The summed E-state index contributed by atoms with van der Waals surface area (Å²) in [6.45, 7) is -0.587. The molecule has 1 aliphatic rings. The van der Waals surface area contributed by atoms with E-state index in [-0.39, 0.29) is 12.8 Å². The van der Waals surface area contributed by atoms with Gasteiger partial charge in [-0.25, -0.2) is 0 Å². The van der Waals surface area contributed by atoms with Crippen LogP contribution in [0.3, 0.4) is 0 Å². The topological polar surface area (TPSA) is 118 Å². The summed E-state index contributed by atoms with van der Waals surface area (Å²) in [6, 6.07) is 0. The lowest BCUT2D eigenvalue weighted by Gasteiger charge is -2.36. The van der Waals surface area contributed by atoms with Gasteiger partial charge in [0, 0.05) is 4.92 Å². The third-order valence-corrected chi connectivity index (χ3v) is 3.40. The molecular formula is C10H15NO6. The molecule has 0 aromatic heterocycles. The number of carbonyl (C=O) groups is 2. The van der Waals surface area contributed by atoms with Crippen LogP contribution in [-0.4, -0.2) is 33.6 Å². The van der Waals surface area contributed by atoms with E-state index < -0.39 is 34.7 Å². The number of rotatable bonds is 5. The van der Waals surface area contributed by atoms with Gasteiger partial charge in [-0.05, 0) is 12.8 Å². The third kappa shape index (κ3) is 2.92. The van der Waals surface area contributed by atoms with E-state index >= 15 is 0 Å². The number of carboxylic acids is 2. The summed E-state index contributed by atoms with van der Waals surface area (Å²) in [5, 5.41) is 28.6. The van der Waals surface area contributed by atoms with Crippen molar-refractivity contribution in [3.05, 3.63) is 10.1 Å². The Hall–Kier alpha value is -1.66. The van der Waals surface area contributed by atoms with E-state index in [9.17, 15) is 19.7 Å². The highest BCUT2D eigenvalue weighted by Crippen LogP contribution is 2.43. The fourth-order valence-corrected chi connectivity index (χ4v) is 2.68. The van der Waals surface area contributed by atoms with Crippen LogP contribution in [-0.2, 0) is 9.59 Å². The first kappa shape index (κ1) is 13.4. The average molecular weight is 245 g/mol. The fraction of sp³-hybridized carbons (Fsp3) is 0.800. The molecule has 2 N–H and O–H groups in total. The van der Waals surface area contributed by atoms with Crippen LogP contribution in [0, 0.1) is 21.4 Å². The zero-order chi connectivity index (χ0) is 13.1. The lowest BCUT2D eigenvalue weighted by atomic mass is 9.65. The molecule has 0 unspecified atom stereocenters. The molecule has 17 heavy (non-hydrogen) atoms. The van der Waals surface area contributed by atoms with Crippen molar-refractivity contribution in [2.24, 2.45) is 11.3 Å². The smallest absolute Gasteiger partial charge is 0.318 e. The van der Waals surface area contributed by atoms with E-state index in [1.54, 1.807) is 0 Å². The summed E-state index contributed by atoms with van der Waals surface area (Å²) in [6.07, 6.45) is 2.73. The summed E-state index contributed by atoms with van der Waals surface area (Å²) in [7, 11) is 0. The van der Waals surface area contributed by atoms with Crippen LogP contribution in [0.2, 0.25) is 0 Å². The highest BCUT2D eigenvalue weighted by atomic mass is 16.6. The minimum atomic E-state index is -1.69. The van der Waals surface area contributed by atoms with Crippen molar-refractivity contribution < 1.29 is 24.7 Å². The highest BCUT2D eigenvalue weighted by Gasteiger charge is 2.51. The number of nitrogens with zero attached hydrogens (tertiary/aromatic N) is 1. The molecule has 96 valence electrons. The van der Waals surface area contributed by atoms with Crippen molar-refractivity contribution in [2.75, 3.05) is 6.54 Å². The molecule has 0 aliphatic heterocycles. The van der Waals surface area contributed by atoms with Gasteiger partial charge in [-0.3, -0.25) is 19.7 Å². The Kier molecular flexibility index (Phi) is 4.03. The van der Waals surface area contributed by atoms with Crippen LogP contribution in [0.5, 0.6) is 0 Å². The third-order valence-electron chi connectivity index (χ3n) is 3.40. The van der Waals surface area contributed by atoms with Crippen molar-refractivity contribution in [3.63, 3.8) is 0 Å². The molecule has 0 spiro atoms. The first-order chi connectivity index (χ1) is 7.89. The summed E-state index contributed by atoms with van der Waals surface area (Å²) in [4.78, 5) is 32.1. The molecule has 7 heteroatoms. The first-order valence-corrected chi connectivity index (χ1v) is 5.46. The maximum atomic E-state index is 11.0. The van der Waals surface area contributed by atoms with Gasteiger partial charge in [0.15, 0.2) is 5.92 Å². The molecule has 1 fully saturated rings. The van der Waals surface area contributed by atoms with Gasteiger partial charge in [0.05, 0.1) is 5.41 Å². The van der Waals surface area contributed by atoms with E-state index in [0.29, 0.717) is 12.8 Å². The van der Waals surface area contributed by atoms with Gasteiger partial charge in [-0.2, -0.15) is 0 Å². The molecule has 0 saturated heterocycles. The Bertz CT molecular complexity index is 320. The summed E-state index contributed by atoms with van der Waals surface area (Å²) < 4.78 is 0. The van der Waals surface area contributed by atoms with Gasteiger partial charge >= 0.3 is 11.9 Å². The van der Waals surface area contributed by atoms with Crippen LogP contribution < -0.4 is 0 Å². The molecule has 0 bridgehead atoms. The van der Waals surface area contributed by atoms with Crippen LogP contribution in [0.25, 0.3) is 0 Å². The maximum absolute atomic E-state index is 11.0. The normalized spacial score (nSPS) is 18.9. The van der Waals surface area contributed by atoms with E-state index in [1.165, 1.54) is 0 Å². The van der Waals surface area contributed by atoms with Crippen molar-refractivity contribution in [3.8, 4) is 0 Å². The second-order valence-corrected chi connectivity index (χ2v) is 4.52. The molecule has 0 radical (unpaired) electrons. The van der Waals surface area contributed by atoms with Crippen LogP contribution in [0.1, 0.15) is 32.1 Å². The monoisotopic (exact) mass is 245 g/mol. The SMILES string of the molecule is O=C(O)C(C(=O)O)C1(C[N+](=O)[O-])CCCCC1. The predicted molar refractivity (Wildman–Crippen MR) is 56.1 cm³/mol. The molecule has 7 nitrogen and oxygen atoms in total. The molecule has 0 atom stereocenters. The fourth-order valence-electron chi connectivity index (χ4n) is 2.68. The van der Waals surface area contributed by atoms with Crippen LogP contribution in [0.4, 0.5) is 0 Å². The molecule has 1 rings (SSSR count). The zero-order valence-corrected chi connectivity index (χ0v) is 9.29. The number of hydrogen-bond donors (Lipinski definition) is 2. The Morgan fingerprint density at radius 1 is 1.18 bits per heavy atom. The second-order valence-electron chi connectivity index (χ2n) is 4.52. The van der Waals surface area contributed by atoms with Crippen LogP contribution in [0.15, 0.2) is 0 Å². The van der Waals surface area contributed by atoms with E-state index in [0.717, 1.165) is 6.42 Å². The standard InChI is InChI=1S/C10H15NO6/c12-8(13)7(9(14)15)10(6-11(16)17)4-2-1-3-5-10/h7H,1-6H2,(H,12,13)(H,14,15). The summed E-state index contributed by atoms with van der Waals surface area (Å²) >= 11 is 0. The lowest BCUT2D eigenvalue weighted by Crippen LogP contribution is -2.46. The maximum Gasteiger partial charge on any atom is 0.318 e. The van der Waals surface area contributed by atoms with E-state index in [1.807, 2.05) is 0 Å². The van der Waals surface area contributed by atoms with Gasteiger partial charge in [-0.1, -0.05) is 19.3 Å². The predicted octanol–water partition coefficient (Wildman–Crippen LogP) is 0.999. The quantitative estimate of drug-likeness (QED) is 0.423. The van der Waals surface area contributed by atoms with Gasteiger partial charge in [-0.15, -0.1) is 0 Å². The number of nitro groups is 1. The Morgan fingerprint density at radius 2 is 1.65 bits per heavy atom. The molecule has 0 heterocycles. The largest absolute Gasteiger partial charge is 0.481 e. The first-order valence-electron chi connectivity index (χ1n) is 5.46. The Balaban J connectivity index is 3.05. The van der Waals surface area contributed by atoms with Gasteiger partial charge in [0.25, 0.3) is 0 Å². The molecule has 1 saturated carbocycles. The Morgan fingerprint density at radius 3 is 2.00 bits per heavy atom. The molecule has 1 aliphatic carbocycles. The van der Waals surface area contributed by atoms with E-state index in [4.69, 9.17) is 10.2 Å². The molecular weight excluding hydrogens is 230 g/mol. The van der Waals surface area contributed by atoms with Gasteiger partial charge in [0.2, 0.25) is 6.54 Å². The number of aliphatic carboxylic acids is 2. The van der Waals surface area contributed by atoms with Crippen molar-refractivity contribution >= 4 is 11.9 Å². The van der Waals surface area contributed by atoms with Gasteiger partial charge in [0.1, 0.15) is 0 Å². The average Bonchev–Trinajstić information content (AvgIpc) is 2.15. The molecule has 0 aromatic carbocycles. The number of carboxylic acid groups (broad SMARTS) is 2. The summed E-state index contributed by atoms with van der Waals surface area (Å²) in [5.41, 5.74) is -1.24. The van der Waals surface area contributed by atoms with Gasteiger partial charge < -0.3 is 10.2 Å².